The van der Waals surface area contributed by atoms with E-state index in [0.717, 1.165) is 25.1 Å². The number of nitrogens with one attached hydrogen (secondary N) is 1. The van der Waals surface area contributed by atoms with Crippen LogP contribution >= 0.6 is 11.8 Å². The fourth-order valence-corrected chi connectivity index (χ4v) is 4.03. The van der Waals surface area contributed by atoms with E-state index in [0.29, 0.717) is 5.92 Å². The Bertz CT molecular complexity index is 426. The van der Waals surface area contributed by atoms with E-state index >= 15 is 0 Å². The van der Waals surface area contributed by atoms with Gasteiger partial charge in [-0.1, -0.05) is 31.5 Å². The van der Waals surface area contributed by atoms with E-state index in [1.807, 2.05) is 17.8 Å². The first kappa shape index (κ1) is 14.4. The van der Waals surface area contributed by atoms with Crippen LogP contribution in [0.5, 0.6) is 0 Å². The van der Waals surface area contributed by atoms with Crippen LogP contribution in [0.4, 0.5) is 0 Å². The van der Waals surface area contributed by atoms with Gasteiger partial charge < -0.3 is 0 Å². The van der Waals surface area contributed by atoms with Crippen LogP contribution in [0.15, 0.2) is 35.2 Å². The summed E-state index contributed by atoms with van der Waals surface area (Å²) < 4.78 is 0. The van der Waals surface area contributed by atoms with Gasteiger partial charge in [-0.15, -0.1) is 11.8 Å². The topological polar surface area (TPSA) is 35.8 Å². The molecule has 0 spiro atoms. The summed E-state index contributed by atoms with van der Waals surface area (Å²) in [5.74, 6) is 1.61. The van der Waals surface area contributed by atoms with Crippen molar-refractivity contribution >= 4 is 11.8 Å². The third-order valence-electron chi connectivity index (χ3n) is 3.99. The van der Waals surface area contributed by atoms with Crippen LogP contribution in [0, 0.1) is 17.2 Å². The van der Waals surface area contributed by atoms with Gasteiger partial charge in [-0.05, 0) is 49.6 Å². The van der Waals surface area contributed by atoms with E-state index in [1.54, 1.807) is 0 Å². The second-order valence-electron chi connectivity index (χ2n) is 5.15. The van der Waals surface area contributed by atoms with Crippen molar-refractivity contribution in [1.82, 2.24) is 5.32 Å². The molecule has 0 heterocycles. The molecule has 0 aliphatic heterocycles. The first-order valence-corrected chi connectivity index (χ1v) is 8.13. The Morgan fingerprint density at radius 1 is 1.42 bits per heavy atom. The molecule has 1 saturated carbocycles. The molecule has 1 aromatic rings. The molecule has 0 aromatic heterocycles. The van der Waals surface area contributed by atoms with Gasteiger partial charge in [-0.25, -0.2) is 0 Å². The molecule has 1 fully saturated rings. The van der Waals surface area contributed by atoms with Crippen molar-refractivity contribution in [2.24, 2.45) is 5.92 Å². The van der Waals surface area contributed by atoms with Crippen LogP contribution in [0.2, 0.25) is 0 Å². The van der Waals surface area contributed by atoms with Gasteiger partial charge in [0.2, 0.25) is 0 Å². The highest BCUT2D eigenvalue weighted by Gasteiger charge is 2.41. The summed E-state index contributed by atoms with van der Waals surface area (Å²) in [4.78, 5) is 1.33. The Morgan fingerprint density at radius 2 is 2.21 bits per heavy atom. The lowest BCUT2D eigenvalue weighted by Gasteiger charge is -2.29. The van der Waals surface area contributed by atoms with Gasteiger partial charge >= 0.3 is 0 Å². The monoisotopic (exact) mass is 274 g/mol. The number of thioether (sulfide) groups is 1. The van der Waals surface area contributed by atoms with Crippen LogP contribution in [-0.4, -0.2) is 17.8 Å². The zero-order valence-corrected chi connectivity index (χ0v) is 12.4. The minimum Gasteiger partial charge on any atom is -0.299 e. The third-order valence-corrected chi connectivity index (χ3v) is 5.04. The Labute approximate surface area is 120 Å². The van der Waals surface area contributed by atoms with Crippen molar-refractivity contribution in [2.45, 2.75) is 43.0 Å². The van der Waals surface area contributed by atoms with Crippen molar-refractivity contribution in [3.63, 3.8) is 0 Å². The fraction of sp³-hybridized carbons (Fsp3) is 0.562. The van der Waals surface area contributed by atoms with E-state index in [1.165, 1.54) is 17.7 Å². The normalized spacial score (nSPS) is 26.2. The maximum atomic E-state index is 9.52. The van der Waals surface area contributed by atoms with Gasteiger partial charge in [0.15, 0.2) is 0 Å². The third kappa shape index (κ3) is 3.52. The minimum atomic E-state index is -0.258. The van der Waals surface area contributed by atoms with Crippen molar-refractivity contribution in [3.05, 3.63) is 30.3 Å². The molecule has 19 heavy (non-hydrogen) atoms. The molecule has 3 heteroatoms. The fourth-order valence-electron chi connectivity index (χ4n) is 3.04. The summed E-state index contributed by atoms with van der Waals surface area (Å²) in [6, 6.07) is 13.1. The molecule has 2 atom stereocenters. The summed E-state index contributed by atoms with van der Waals surface area (Å²) >= 11 is 1.90. The molecule has 0 bridgehead atoms. The van der Waals surface area contributed by atoms with Crippen LogP contribution in [0.25, 0.3) is 0 Å². The highest BCUT2D eigenvalue weighted by atomic mass is 32.2. The molecule has 0 radical (unpaired) electrons. The predicted octanol–water partition coefficient (Wildman–Crippen LogP) is 3.84. The molecule has 1 aromatic carbocycles. The Morgan fingerprint density at radius 3 is 2.89 bits per heavy atom. The molecule has 2 unspecified atom stereocenters. The van der Waals surface area contributed by atoms with E-state index in [4.69, 9.17) is 0 Å². The van der Waals surface area contributed by atoms with Crippen molar-refractivity contribution in [2.75, 3.05) is 12.3 Å². The van der Waals surface area contributed by atoms with Crippen molar-refractivity contribution < 1.29 is 0 Å². The molecular formula is C16H22N2S. The van der Waals surface area contributed by atoms with Gasteiger partial charge in [-0.2, -0.15) is 5.26 Å². The highest BCUT2D eigenvalue weighted by Crippen LogP contribution is 2.38. The Balaban J connectivity index is 1.87. The Hall–Kier alpha value is -0.980. The molecule has 0 amide bonds. The minimum absolute atomic E-state index is 0.258. The summed E-state index contributed by atoms with van der Waals surface area (Å²) in [7, 11) is 0. The van der Waals surface area contributed by atoms with Gasteiger partial charge in [-0.3, -0.25) is 5.32 Å². The number of hydrogen-bond acceptors (Lipinski definition) is 3. The standard InChI is InChI=1S/C16H22N2S/c1-2-18-16(13-17)11-6-7-14(16)10-12-19-15-8-4-3-5-9-15/h3-5,8-9,14,18H,2,6-7,10-12H2,1H3. The van der Waals surface area contributed by atoms with E-state index < -0.39 is 0 Å². The van der Waals surface area contributed by atoms with Crippen molar-refractivity contribution in [3.8, 4) is 6.07 Å². The average molecular weight is 274 g/mol. The van der Waals surface area contributed by atoms with E-state index in [2.05, 4.69) is 42.6 Å². The van der Waals surface area contributed by atoms with Gasteiger partial charge in [0.05, 0.1) is 6.07 Å². The zero-order valence-electron chi connectivity index (χ0n) is 11.6. The van der Waals surface area contributed by atoms with Gasteiger partial charge in [0.1, 0.15) is 5.54 Å². The number of benzene rings is 1. The lowest BCUT2D eigenvalue weighted by Crippen LogP contribution is -2.47. The second kappa shape index (κ2) is 6.98. The molecule has 2 rings (SSSR count). The van der Waals surface area contributed by atoms with Crippen LogP contribution in [0.3, 0.4) is 0 Å². The number of nitrogens with zero attached hydrogens (tertiary/aromatic N) is 1. The zero-order chi connectivity index (χ0) is 13.6. The number of nitriles is 1. The van der Waals surface area contributed by atoms with Crippen LogP contribution in [0.1, 0.15) is 32.6 Å². The Kier molecular flexibility index (Phi) is 5.30. The summed E-state index contributed by atoms with van der Waals surface area (Å²) in [5.41, 5.74) is -0.258. The first-order chi connectivity index (χ1) is 9.30. The molecule has 102 valence electrons. The van der Waals surface area contributed by atoms with Crippen LogP contribution in [-0.2, 0) is 0 Å². The van der Waals surface area contributed by atoms with E-state index in [-0.39, 0.29) is 5.54 Å². The number of hydrogen-bond donors (Lipinski definition) is 1. The van der Waals surface area contributed by atoms with E-state index in [9.17, 15) is 5.26 Å². The second-order valence-corrected chi connectivity index (χ2v) is 6.32. The lowest BCUT2D eigenvalue weighted by atomic mass is 9.86. The molecule has 1 N–H and O–H groups in total. The predicted molar refractivity (Wildman–Crippen MR) is 81.1 cm³/mol. The molecular weight excluding hydrogens is 252 g/mol. The SMILES string of the molecule is CCNC1(C#N)CCCC1CCSc1ccccc1. The lowest BCUT2D eigenvalue weighted by molar-refractivity contribution is 0.317. The highest BCUT2D eigenvalue weighted by molar-refractivity contribution is 7.99. The maximum Gasteiger partial charge on any atom is 0.109 e. The molecule has 2 nitrogen and oxygen atoms in total. The van der Waals surface area contributed by atoms with Gasteiger partial charge in [0, 0.05) is 4.90 Å². The molecule has 1 aliphatic carbocycles. The molecule has 0 saturated heterocycles. The average Bonchev–Trinajstić information content (AvgIpc) is 2.84. The summed E-state index contributed by atoms with van der Waals surface area (Å²) in [6.45, 7) is 2.98. The summed E-state index contributed by atoms with van der Waals surface area (Å²) in [6.07, 6.45) is 4.51. The smallest absolute Gasteiger partial charge is 0.109 e. The quantitative estimate of drug-likeness (QED) is 0.801. The van der Waals surface area contributed by atoms with Crippen molar-refractivity contribution in [1.29, 1.82) is 5.26 Å². The first-order valence-electron chi connectivity index (χ1n) is 7.15. The molecule has 1 aliphatic rings. The largest absolute Gasteiger partial charge is 0.299 e. The van der Waals surface area contributed by atoms with Crippen LogP contribution < -0.4 is 5.32 Å². The number of rotatable bonds is 6. The van der Waals surface area contributed by atoms with Gasteiger partial charge in [0.25, 0.3) is 0 Å². The maximum absolute atomic E-state index is 9.52. The summed E-state index contributed by atoms with van der Waals surface area (Å²) in [5, 5.41) is 13.0.